The minimum absolute atomic E-state index is 0.0231. The van der Waals surface area contributed by atoms with E-state index in [1.165, 1.54) is 0 Å². The molecule has 0 fully saturated rings. The van der Waals surface area contributed by atoms with E-state index in [0.29, 0.717) is 0 Å². The highest BCUT2D eigenvalue weighted by atomic mass is 16.3. The molecule has 1 radical (unpaired) electrons. The van der Waals surface area contributed by atoms with E-state index in [2.05, 4.69) is 0 Å². The molecule has 4 heteroatoms. The molecule has 0 aromatic carbocycles. The lowest BCUT2D eigenvalue weighted by atomic mass is 10.5. The van der Waals surface area contributed by atoms with Crippen LogP contribution in [0.2, 0.25) is 0 Å². The molecule has 2 amide bonds. The van der Waals surface area contributed by atoms with Crippen LogP contribution in [0.25, 0.3) is 0 Å². The first-order valence-corrected chi connectivity index (χ1v) is 2.87. The normalized spacial score (nSPS) is 17.1. The van der Waals surface area contributed by atoms with Crippen molar-refractivity contribution in [3.8, 4) is 0 Å². The summed E-state index contributed by atoms with van der Waals surface area (Å²) in [7, 11) is 0. The first-order chi connectivity index (χ1) is 4.75. The maximum absolute atomic E-state index is 10.7. The van der Waals surface area contributed by atoms with Crippen molar-refractivity contribution in [2.75, 3.05) is 13.2 Å². The Balaban J connectivity index is 2.60. The standard InChI is InChI=1S/C6H6NO3/c8-4-3-7-5(9)1-2-6(7)10/h1-2H,3-4H2. The summed E-state index contributed by atoms with van der Waals surface area (Å²) >= 11 is 0. The first kappa shape index (κ1) is 6.95. The van der Waals surface area contributed by atoms with Gasteiger partial charge in [0, 0.05) is 12.2 Å². The van der Waals surface area contributed by atoms with Gasteiger partial charge in [-0.2, -0.15) is 0 Å². The predicted molar refractivity (Wildman–Crippen MR) is 31.4 cm³/mol. The fourth-order valence-corrected chi connectivity index (χ4v) is 0.743. The number of carbonyl (C=O) groups is 2. The molecule has 0 unspecified atom stereocenters. The zero-order chi connectivity index (χ0) is 7.56. The van der Waals surface area contributed by atoms with Gasteiger partial charge in [0.15, 0.2) is 0 Å². The largest absolute Gasteiger partial charge is 0.273 e. The summed E-state index contributed by atoms with van der Waals surface area (Å²) in [6.45, 7) is -0.455. The van der Waals surface area contributed by atoms with Crippen molar-refractivity contribution in [3.05, 3.63) is 12.2 Å². The third kappa shape index (κ3) is 1.06. The Morgan fingerprint density at radius 3 is 2.10 bits per heavy atom. The fourth-order valence-electron chi connectivity index (χ4n) is 0.743. The summed E-state index contributed by atoms with van der Waals surface area (Å²) in [6, 6.07) is 0. The van der Waals surface area contributed by atoms with Crippen LogP contribution in [-0.2, 0) is 14.7 Å². The second-order valence-electron chi connectivity index (χ2n) is 1.87. The van der Waals surface area contributed by atoms with Gasteiger partial charge < -0.3 is 0 Å². The molecule has 0 aromatic heterocycles. The first-order valence-electron chi connectivity index (χ1n) is 2.87. The van der Waals surface area contributed by atoms with Gasteiger partial charge in [0.1, 0.15) is 6.61 Å². The summed E-state index contributed by atoms with van der Waals surface area (Å²) in [5, 5.41) is 10.0. The van der Waals surface area contributed by atoms with Crippen LogP contribution in [0.3, 0.4) is 0 Å². The molecule has 0 aromatic rings. The predicted octanol–water partition coefficient (Wildman–Crippen LogP) is -0.658. The molecule has 0 N–H and O–H groups in total. The van der Waals surface area contributed by atoms with E-state index < -0.39 is 6.61 Å². The zero-order valence-electron chi connectivity index (χ0n) is 5.24. The minimum Gasteiger partial charge on any atom is -0.273 e. The molecule has 0 saturated heterocycles. The quantitative estimate of drug-likeness (QED) is 0.478. The van der Waals surface area contributed by atoms with Gasteiger partial charge in [-0.1, -0.05) is 0 Å². The van der Waals surface area contributed by atoms with E-state index in [1.54, 1.807) is 0 Å². The highest BCUT2D eigenvalue weighted by molar-refractivity contribution is 6.12. The third-order valence-electron chi connectivity index (χ3n) is 1.22. The van der Waals surface area contributed by atoms with Crippen molar-refractivity contribution in [2.24, 2.45) is 0 Å². The van der Waals surface area contributed by atoms with E-state index in [9.17, 15) is 14.7 Å². The topological polar surface area (TPSA) is 57.3 Å². The number of hydrogen-bond donors (Lipinski definition) is 0. The van der Waals surface area contributed by atoms with E-state index in [-0.39, 0.29) is 18.4 Å². The highest BCUT2D eigenvalue weighted by Gasteiger charge is 2.21. The average molecular weight is 140 g/mol. The summed E-state index contributed by atoms with van der Waals surface area (Å²) in [4.78, 5) is 22.2. The number of carbonyl (C=O) groups excluding carboxylic acids is 2. The molecule has 0 saturated carbocycles. The zero-order valence-corrected chi connectivity index (χ0v) is 5.24. The van der Waals surface area contributed by atoms with Crippen molar-refractivity contribution in [1.29, 1.82) is 0 Å². The highest BCUT2D eigenvalue weighted by Crippen LogP contribution is 2.01. The monoisotopic (exact) mass is 140 g/mol. The van der Waals surface area contributed by atoms with Gasteiger partial charge in [-0.05, 0) is 0 Å². The van der Waals surface area contributed by atoms with Crippen LogP contribution < -0.4 is 0 Å². The van der Waals surface area contributed by atoms with Gasteiger partial charge in [0.25, 0.3) is 11.8 Å². The SMILES string of the molecule is [O]CCN1C(=O)C=CC1=O. The van der Waals surface area contributed by atoms with Crippen LogP contribution in [0.15, 0.2) is 12.2 Å². The Hall–Kier alpha value is -1.16. The molecule has 4 nitrogen and oxygen atoms in total. The molecule has 53 valence electrons. The van der Waals surface area contributed by atoms with Crippen LogP contribution in [0.5, 0.6) is 0 Å². The van der Waals surface area contributed by atoms with Gasteiger partial charge in [-0.25, -0.2) is 5.11 Å². The van der Waals surface area contributed by atoms with Gasteiger partial charge in [0.05, 0.1) is 6.54 Å². The van der Waals surface area contributed by atoms with E-state index in [1.807, 2.05) is 0 Å². The summed E-state index contributed by atoms with van der Waals surface area (Å²) in [5.74, 6) is -0.776. The van der Waals surface area contributed by atoms with Gasteiger partial charge in [0.2, 0.25) is 0 Å². The molecule has 0 bridgehead atoms. The molecule has 1 heterocycles. The lowest BCUT2D eigenvalue weighted by molar-refractivity contribution is -0.137. The maximum atomic E-state index is 10.7. The van der Waals surface area contributed by atoms with Gasteiger partial charge >= 0.3 is 0 Å². The molecule has 10 heavy (non-hydrogen) atoms. The van der Waals surface area contributed by atoms with Gasteiger partial charge in [-0.3, -0.25) is 14.5 Å². The number of amides is 2. The Bertz CT molecular complexity index is 179. The van der Waals surface area contributed by atoms with E-state index >= 15 is 0 Å². The number of hydrogen-bond acceptors (Lipinski definition) is 2. The van der Waals surface area contributed by atoms with Crippen molar-refractivity contribution >= 4 is 11.8 Å². The summed E-state index contributed by atoms with van der Waals surface area (Å²) in [6.07, 6.45) is 2.33. The maximum Gasteiger partial charge on any atom is 0.253 e. The number of imide groups is 1. The average Bonchev–Trinajstić information content (AvgIpc) is 2.20. The van der Waals surface area contributed by atoms with Crippen LogP contribution in [0.4, 0.5) is 0 Å². The molecular formula is C6H6NO3. The molecule has 0 aliphatic carbocycles. The Morgan fingerprint density at radius 1 is 1.20 bits per heavy atom. The number of nitrogens with zero attached hydrogens (tertiary/aromatic N) is 1. The lowest BCUT2D eigenvalue weighted by Crippen LogP contribution is -2.32. The molecule has 1 rings (SSSR count). The summed E-state index contributed by atoms with van der Waals surface area (Å²) < 4.78 is 0. The second kappa shape index (κ2) is 2.62. The van der Waals surface area contributed by atoms with Crippen molar-refractivity contribution in [2.45, 2.75) is 0 Å². The van der Waals surface area contributed by atoms with Crippen LogP contribution in [-0.4, -0.2) is 29.9 Å². The summed E-state index contributed by atoms with van der Waals surface area (Å²) in [5.41, 5.74) is 0. The molecular weight excluding hydrogens is 134 g/mol. The second-order valence-corrected chi connectivity index (χ2v) is 1.87. The fraction of sp³-hybridized carbons (Fsp3) is 0.333. The minimum atomic E-state index is -0.431. The third-order valence-corrected chi connectivity index (χ3v) is 1.22. The van der Waals surface area contributed by atoms with Crippen molar-refractivity contribution < 1.29 is 14.7 Å². The Kier molecular flexibility index (Phi) is 1.82. The lowest BCUT2D eigenvalue weighted by Gasteiger charge is -2.09. The molecule has 0 atom stereocenters. The molecule has 1 aliphatic heterocycles. The van der Waals surface area contributed by atoms with Crippen LogP contribution in [0, 0.1) is 0 Å². The van der Waals surface area contributed by atoms with Crippen molar-refractivity contribution in [1.82, 2.24) is 4.90 Å². The number of rotatable bonds is 2. The molecule has 0 spiro atoms. The Labute approximate surface area is 57.7 Å². The van der Waals surface area contributed by atoms with Gasteiger partial charge in [-0.15, -0.1) is 0 Å². The van der Waals surface area contributed by atoms with E-state index in [0.717, 1.165) is 17.1 Å². The molecule has 1 aliphatic rings. The van der Waals surface area contributed by atoms with Crippen LogP contribution in [0.1, 0.15) is 0 Å². The smallest absolute Gasteiger partial charge is 0.253 e. The van der Waals surface area contributed by atoms with Crippen LogP contribution >= 0.6 is 0 Å². The van der Waals surface area contributed by atoms with E-state index in [4.69, 9.17) is 0 Å². The van der Waals surface area contributed by atoms with Crippen molar-refractivity contribution in [3.63, 3.8) is 0 Å². The Morgan fingerprint density at radius 2 is 1.70 bits per heavy atom.